The van der Waals surface area contributed by atoms with E-state index in [-0.39, 0.29) is 11.7 Å². The molecule has 0 fully saturated rings. The van der Waals surface area contributed by atoms with Crippen LogP contribution >= 0.6 is 0 Å². The fourth-order valence-electron chi connectivity index (χ4n) is 3.31. The number of nitrogens with zero attached hydrogens (tertiary/aromatic N) is 3. The molecule has 1 aromatic carbocycles. The minimum absolute atomic E-state index is 0.282. The fourth-order valence-corrected chi connectivity index (χ4v) is 4.60. The molecule has 7 heteroatoms. The van der Waals surface area contributed by atoms with Gasteiger partial charge in [-0.05, 0) is 54.7 Å². The third-order valence-electron chi connectivity index (χ3n) is 5.05. The summed E-state index contributed by atoms with van der Waals surface area (Å²) in [5.74, 6) is 0.487. The molecule has 3 rings (SSSR count). The topological polar surface area (TPSA) is 75.2 Å². The third kappa shape index (κ3) is 6.23. The summed E-state index contributed by atoms with van der Waals surface area (Å²) >= 11 is 0. The van der Waals surface area contributed by atoms with E-state index >= 15 is 0 Å². The number of carbonyl (C=O) groups is 1. The van der Waals surface area contributed by atoms with Crippen LogP contribution in [0.2, 0.25) is 0 Å². The molecule has 2 heterocycles. The van der Waals surface area contributed by atoms with Crippen molar-refractivity contribution in [2.45, 2.75) is 37.5 Å². The number of para-hydroxylation sites is 1. The summed E-state index contributed by atoms with van der Waals surface area (Å²) in [6.07, 6.45) is 4.98. The summed E-state index contributed by atoms with van der Waals surface area (Å²) in [4.78, 5) is 23.7. The Bertz CT molecular complexity index is 1080. The zero-order chi connectivity index (χ0) is 23.1. The largest absolute Gasteiger partial charge is 0.377 e. The summed E-state index contributed by atoms with van der Waals surface area (Å²) in [5, 5.41) is 3.18. The highest BCUT2D eigenvalue weighted by Crippen LogP contribution is 2.24. The zero-order valence-corrected chi connectivity index (χ0v) is 19.9. The molecule has 0 aliphatic carbocycles. The molecule has 1 N–H and O–H groups in total. The van der Waals surface area contributed by atoms with Crippen LogP contribution in [0.3, 0.4) is 0 Å². The highest BCUT2D eigenvalue weighted by atomic mass is 32.2. The number of aromatic nitrogens is 2. The summed E-state index contributed by atoms with van der Waals surface area (Å²) in [6.45, 7) is 4.32. The van der Waals surface area contributed by atoms with E-state index in [2.05, 4.69) is 24.1 Å². The van der Waals surface area contributed by atoms with Gasteiger partial charge in [0.2, 0.25) is 0 Å². The Balaban J connectivity index is 1.93. The van der Waals surface area contributed by atoms with Crippen LogP contribution in [0.4, 0.5) is 11.4 Å². The van der Waals surface area contributed by atoms with Crippen molar-refractivity contribution >= 4 is 28.1 Å². The number of rotatable bonds is 9. The maximum absolute atomic E-state index is 13.5. The molecule has 0 radical (unpaired) electrons. The second-order valence-corrected chi connectivity index (χ2v) is 9.66. The molecule has 1 unspecified atom stereocenters. The lowest BCUT2D eigenvalue weighted by atomic mass is 10.1. The predicted octanol–water partition coefficient (Wildman–Crippen LogP) is 4.69. The van der Waals surface area contributed by atoms with Crippen molar-refractivity contribution in [1.82, 2.24) is 9.97 Å². The molecule has 0 bridgehead atoms. The van der Waals surface area contributed by atoms with Gasteiger partial charge in [-0.25, -0.2) is 4.98 Å². The number of benzene rings is 1. The van der Waals surface area contributed by atoms with Crippen molar-refractivity contribution < 1.29 is 9.00 Å². The first kappa shape index (κ1) is 23.6. The van der Waals surface area contributed by atoms with Crippen LogP contribution in [0.5, 0.6) is 0 Å². The van der Waals surface area contributed by atoms with Crippen molar-refractivity contribution in [2.75, 3.05) is 24.3 Å². The molecule has 0 aliphatic heterocycles. The second kappa shape index (κ2) is 11.0. The van der Waals surface area contributed by atoms with Crippen LogP contribution in [0.25, 0.3) is 0 Å². The lowest BCUT2D eigenvalue weighted by Gasteiger charge is -2.17. The van der Waals surface area contributed by atoms with Gasteiger partial charge in [0.25, 0.3) is 5.91 Å². The molecule has 3 aromatic rings. The lowest BCUT2D eigenvalue weighted by molar-refractivity contribution is 0.102. The Morgan fingerprint density at radius 1 is 1.06 bits per heavy atom. The normalized spacial score (nSPS) is 11.9. The Hall–Kier alpha value is -3.06. The van der Waals surface area contributed by atoms with Gasteiger partial charge >= 0.3 is 0 Å². The maximum atomic E-state index is 13.5. The van der Waals surface area contributed by atoms with E-state index in [9.17, 15) is 9.00 Å². The van der Waals surface area contributed by atoms with Gasteiger partial charge in [-0.2, -0.15) is 0 Å². The van der Waals surface area contributed by atoms with Crippen molar-refractivity contribution in [3.63, 3.8) is 0 Å². The minimum atomic E-state index is -1.49. The van der Waals surface area contributed by atoms with Crippen molar-refractivity contribution in [3.8, 4) is 0 Å². The average molecular weight is 451 g/mol. The van der Waals surface area contributed by atoms with Crippen molar-refractivity contribution in [3.05, 3.63) is 77.7 Å². The quantitative estimate of drug-likeness (QED) is 0.512. The number of amides is 1. The van der Waals surface area contributed by atoms with Crippen LogP contribution in [0.1, 0.15) is 41.9 Å². The van der Waals surface area contributed by atoms with Gasteiger partial charge < -0.3 is 10.2 Å². The molecule has 0 spiro atoms. The van der Waals surface area contributed by atoms with E-state index in [1.807, 2.05) is 49.3 Å². The van der Waals surface area contributed by atoms with E-state index < -0.39 is 10.8 Å². The molecular formula is C25H30N4O2S. The summed E-state index contributed by atoms with van der Waals surface area (Å²) in [7, 11) is 2.43. The molecule has 168 valence electrons. The summed E-state index contributed by atoms with van der Waals surface area (Å²) < 4.78 is 13.5. The van der Waals surface area contributed by atoms with Gasteiger partial charge in [0.05, 0.1) is 22.1 Å². The van der Waals surface area contributed by atoms with Gasteiger partial charge in [0.1, 0.15) is 5.03 Å². The Morgan fingerprint density at radius 3 is 2.47 bits per heavy atom. The third-order valence-corrected chi connectivity index (χ3v) is 6.37. The molecule has 1 atom stereocenters. The van der Waals surface area contributed by atoms with Crippen LogP contribution in [0.15, 0.2) is 66.0 Å². The molecule has 6 nitrogen and oxygen atoms in total. The minimum Gasteiger partial charge on any atom is -0.377 e. The number of anilines is 2. The SMILES string of the molecule is CC(C)CCc1ccc(C(=O)Nc2ccncc2)c(S(=O)Cc2ccccc2N(C)C)n1. The van der Waals surface area contributed by atoms with Gasteiger partial charge in [0, 0.05) is 43.6 Å². The Labute approximate surface area is 192 Å². The number of pyridine rings is 2. The zero-order valence-electron chi connectivity index (χ0n) is 19.0. The molecule has 0 saturated heterocycles. The van der Waals surface area contributed by atoms with Crippen LogP contribution < -0.4 is 10.2 Å². The summed E-state index contributed by atoms with van der Waals surface area (Å²) in [6, 6.07) is 14.9. The predicted molar refractivity (Wildman–Crippen MR) is 130 cm³/mol. The van der Waals surface area contributed by atoms with Gasteiger partial charge in [0.15, 0.2) is 0 Å². The number of hydrogen-bond acceptors (Lipinski definition) is 5. The Morgan fingerprint density at radius 2 is 1.78 bits per heavy atom. The van der Waals surface area contributed by atoms with E-state index in [1.54, 1.807) is 30.6 Å². The van der Waals surface area contributed by atoms with Crippen LogP contribution in [-0.4, -0.2) is 34.2 Å². The smallest absolute Gasteiger partial charge is 0.258 e. The molecule has 2 aromatic heterocycles. The maximum Gasteiger partial charge on any atom is 0.258 e. The van der Waals surface area contributed by atoms with E-state index in [1.165, 1.54) is 0 Å². The standard InChI is InChI=1S/C25H30N4O2S/c1-18(2)9-10-20-11-12-22(24(30)27-21-13-15-26-16-14-21)25(28-20)32(31)17-19-7-5-6-8-23(19)29(3)4/h5-8,11-16,18H,9-10,17H2,1-4H3,(H,26,27,30). The second-order valence-electron chi connectivity index (χ2n) is 8.29. The molecule has 0 saturated carbocycles. The molecule has 1 amide bonds. The van der Waals surface area contributed by atoms with E-state index in [0.717, 1.165) is 29.8 Å². The number of aryl methyl sites for hydroxylation is 1. The average Bonchev–Trinajstić information content (AvgIpc) is 2.78. The molecule has 0 aliphatic rings. The first-order valence-corrected chi connectivity index (χ1v) is 12.0. The first-order chi connectivity index (χ1) is 15.3. The van der Waals surface area contributed by atoms with E-state index in [4.69, 9.17) is 4.98 Å². The highest BCUT2D eigenvalue weighted by Gasteiger charge is 2.20. The lowest BCUT2D eigenvalue weighted by Crippen LogP contribution is -2.18. The van der Waals surface area contributed by atoms with Gasteiger partial charge in [-0.15, -0.1) is 0 Å². The van der Waals surface area contributed by atoms with Gasteiger partial charge in [-0.1, -0.05) is 32.0 Å². The van der Waals surface area contributed by atoms with Gasteiger partial charge in [-0.3, -0.25) is 14.0 Å². The van der Waals surface area contributed by atoms with Crippen LogP contribution in [0, 0.1) is 5.92 Å². The van der Waals surface area contributed by atoms with E-state index in [0.29, 0.717) is 22.2 Å². The molecule has 32 heavy (non-hydrogen) atoms. The summed E-state index contributed by atoms with van der Waals surface area (Å²) in [5.41, 5.74) is 3.76. The number of hydrogen-bond donors (Lipinski definition) is 1. The number of nitrogens with one attached hydrogen (secondary N) is 1. The molecular weight excluding hydrogens is 420 g/mol. The van der Waals surface area contributed by atoms with Crippen molar-refractivity contribution in [1.29, 1.82) is 0 Å². The number of carbonyl (C=O) groups excluding carboxylic acids is 1. The van der Waals surface area contributed by atoms with Crippen molar-refractivity contribution in [2.24, 2.45) is 5.92 Å². The monoisotopic (exact) mass is 450 g/mol. The first-order valence-electron chi connectivity index (χ1n) is 10.7. The van der Waals surface area contributed by atoms with Crippen LogP contribution in [-0.2, 0) is 23.0 Å². The Kier molecular flexibility index (Phi) is 8.11. The fraction of sp³-hybridized carbons (Fsp3) is 0.320. The highest BCUT2D eigenvalue weighted by molar-refractivity contribution is 7.84.